The van der Waals surface area contributed by atoms with E-state index in [-0.39, 0.29) is 12.3 Å². The van der Waals surface area contributed by atoms with Crippen molar-refractivity contribution in [3.05, 3.63) is 217 Å². The van der Waals surface area contributed by atoms with Crippen LogP contribution >= 0.6 is 0 Å². The van der Waals surface area contributed by atoms with Crippen molar-refractivity contribution in [1.29, 1.82) is 0 Å². The first kappa shape index (κ1) is 38.1. The van der Waals surface area contributed by atoms with Crippen LogP contribution in [0.2, 0.25) is 0 Å². The largest absolute Gasteiger partial charge is 0.314 e. The lowest BCUT2D eigenvalue weighted by Gasteiger charge is -2.44. The third-order valence-electron chi connectivity index (χ3n) is 13.7. The molecule has 2 aliphatic heterocycles. The van der Waals surface area contributed by atoms with Crippen LogP contribution in [0.1, 0.15) is 50.7 Å². The first-order valence-electron chi connectivity index (χ1n) is 22.8. The molecule has 0 spiro atoms. The summed E-state index contributed by atoms with van der Waals surface area (Å²) in [6, 6.07) is 77.5. The second-order valence-electron chi connectivity index (χ2n) is 18.2. The molecule has 0 N–H and O–H groups in total. The Balaban J connectivity index is 1.20. The van der Waals surface area contributed by atoms with Gasteiger partial charge in [0.25, 0.3) is 0 Å². The SMILES string of the molecule is CC(C)c1ccc2c(c1)N(c1ccc3ccccc3c1)C(C1N(c3ccc4ccccc4c3)c3ccc(C(C)C)cc3N1c1ccc3ccccc3c1)N2c1ccc2ccccc2c1. The molecule has 2 heterocycles. The van der Waals surface area contributed by atoms with Crippen molar-refractivity contribution < 1.29 is 0 Å². The van der Waals surface area contributed by atoms with E-state index in [1.54, 1.807) is 0 Å². The van der Waals surface area contributed by atoms with E-state index in [4.69, 9.17) is 0 Å². The topological polar surface area (TPSA) is 13.0 Å². The quantitative estimate of drug-likeness (QED) is 0.159. The lowest BCUT2D eigenvalue weighted by Crippen LogP contribution is -2.58. The second kappa shape index (κ2) is 15.1. The van der Waals surface area contributed by atoms with Crippen LogP contribution in [0.15, 0.2) is 206 Å². The highest BCUT2D eigenvalue weighted by Crippen LogP contribution is 2.57. The molecule has 0 saturated heterocycles. The van der Waals surface area contributed by atoms with Crippen LogP contribution in [0.25, 0.3) is 43.1 Å². The Morgan fingerprint density at radius 1 is 0.266 bits per heavy atom. The number of rotatable bonds is 7. The molecule has 0 aliphatic carbocycles. The van der Waals surface area contributed by atoms with Gasteiger partial charge in [0.2, 0.25) is 0 Å². The summed E-state index contributed by atoms with van der Waals surface area (Å²) >= 11 is 0. The van der Waals surface area contributed by atoms with E-state index >= 15 is 0 Å². The Hall–Kier alpha value is -7.56. The van der Waals surface area contributed by atoms with Crippen LogP contribution < -0.4 is 19.6 Å². The summed E-state index contributed by atoms with van der Waals surface area (Å²) in [5.41, 5.74) is 12.0. The molecular formula is C60H50N4. The van der Waals surface area contributed by atoms with E-state index in [1.807, 2.05) is 0 Å². The number of hydrogen-bond acceptors (Lipinski definition) is 4. The maximum atomic E-state index is 2.66. The van der Waals surface area contributed by atoms with E-state index < -0.39 is 0 Å². The minimum atomic E-state index is -0.271. The second-order valence-corrected chi connectivity index (χ2v) is 18.2. The smallest absolute Gasteiger partial charge is 0.151 e. The highest BCUT2D eigenvalue weighted by Gasteiger charge is 2.52. The van der Waals surface area contributed by atoms with E-state index in [2.05, 4.69) is 254 Å². The molecule has 310 valence electrons. The summed E-state index contributed by atoms with van der Waals surface area (Å²) in [6.45, 7) is 9.22. The van der Waals surface area contributed by atoms with E-state index in [1.165, 1.54) is 77.0 Å². The molecule has 0 saturated carbocycles. The maximum absolute atomic E-state index is 2.66. The average Bonchev–Trinajstić information content (AvgIpc) is 3.85. The van der Waals surface area contributed by atoms with E-state index in [9.17, 15) is 0 Å². The van der Waals surface area contributed by atoms with Crippen LogP contribution in [-0.4, -0.2) is 12.3 Å². The Labute approximate surface area is 375 Å². The average molecular weight is 827 g/mol. The zero-order valence-electron chi connectivity index (χ0n) is 36.7. The van der Waals surface area contributed by atoms with Gasteiger partial charge in [-0.3, -0.25) is 0 Å². The number of benzene rings is 10. The van der Waals surface area contributed by atoms with Crippen LogP contribution in [0.4, 0.5) is 45.5 Å². The van der Waals surface area contributed by atoms with Crippen LogP contribution in [0, 0.1) is 0 Å². The van der Waals surface area contributed by atoms with Crippen molar-refractivity contribution in [1.82, 2.24) is 0 Å². The van der Waals surface area contributed by atoms with Gasteiger partial charge in [0.05, 0.1) is 22.7 Å². The first-order chi connectivity index (χ1) is 31.4. The molecule has 0 bridgehead atoms. The predicted molar refractivity (Wildman–Crippen MR) is 273 cm³/mol. The van der Waals surface area contributed by atoms with Crippen molar-refractivity contribution >= 4 is 88.6 Å². The van der Waals surface area contributed by atoms with Gasteiger partial charge in [-0.1, -0.05) is 161 Å². The monoisotopic (exact) mass is 826 g/mol. The van der Waals surface area contributed by atoms with Gasteiger partial charge in [0, 0.05) is 22.7 Å². The maximum Gasteiger partial charge on any atom is 0.151 e. The molecule has 64 heavy (non-hydrogen) atoms. The summed E-state index contributed by atoms with van der Waals surface area (Å²) in [6.07, 6.45) is -0.542. The number of anilines is 8. The summed E-state index contributed by atoms with van der Waals surface area (Å²) < 4.78 is 0. The number of nitrogens with zero attached hydrogens (tertiary/aromatic N) is 4. The van der Waals surface area contributed by atoms with E-state index in [0.29, 0.717) is 11.8 Å². The fourth-order valence-corrected chi connectivity index (χ4v) is 10.4. The standard InChI is InChI=1S/C60H50N4/c1-39(2)45-25-31-55-57(37-45)63(53-29-23-43-15-7-11-19-49(43)35-53)59(61(55)51-27-21-41-13-5-9-17-47(41)33-51)60-62(52-28-22-42-14-6-10-18-48(42)34-52)56-32-26-46(40(3)4)38-58(56)64(60)54-30-24-44-16-8-12-20-50(44)36-54/h5-40,59-60H,1-4H3. The van der Waals surface area contributed by atoms with Gasteiger partial charge in [-0.15, -0.1) is 0 Å². The molecule has 4 nitrogen and oxygen atoms in total. The van der Waals surface area contributed by atoms with Crippen molar-refractivity contribution in [2.75, 3.05) is 19.6 Å². The summed E-state index contributed by atoms with van der Waals surface area (Å²) in [7, 11) is 0. The lowest BCUT2D eigenvalue weighted by atomic mass is 10.0. The minimum Gasteiger partial charge on any atom is -0.314 e. The summed E-state index contributed by atoms with van der Waals surface area (Å²) in [4.78, 5) is 10.6. The van der Waals surface area contributed by atoms with Crippen LogP contribution in [0.5, 0.6) is 0 Å². The predicted octanol–water partition coefficient (Wildman–Crippen LogP) is 16.5. The first-order valence-corrected chi connectivity index (χ1v) is 22.8. The number of fused-ring (bicyclic) bond motifs is 6. The van der Waals surface area contributed by atoms with Gasteiger partial charge in [0.15, 0.2) is 12.3 Å². The lowest BCUT2D eigenvalue weighted by molar-refractivity contribution is 0.550. The summed E-state index contributed by atoms with van der Waals surface area (Å²) in [5, 5.41) is 9.80. The van der Waals surface area contributed by atoms with Crippen molar-refractivity contribution in [3.63, 3.8) is 0 Å². The third-order valence-corrected chi connectivity index (χ3v) is 13.7. The molecule has 2 aliphatic rings. The van der Waals surface area contributed by atoms with Crippen molar-refractivity contribution in [3.8, 4) is 0 Å². The highest BCUT2D eigenvalue weighted by molar-refractivity contribution is 6.00. The van der Waals surface area contributed by atoms with Crippen molar-refractivity contribution in [2.24, 2.45) is 0 Å². The number of hydrogen-bond donors (Lipinski definition) is 0. The normalized spacial score (nSPS) is 16.0. The Kier molecular flexibility index (Phi) is 8.98. The molecule has 0 fully saturated rings. The van der Waals surface area contributed by atoms with Gasteiger partial charge in [-0.25, -0.2) is 0 Å². The molecule has 0 amide bonds. The Morgan fingerprint density at radius 2 is 0.531 bits per heavy atom. The zero-order chi connectivity index (χ0) is 43.1. The molecule has 0 aromatic heterocycles. The fraction of sp³-hybridized carbons (Fsp3) is 0.133. The molecule has 4 heteroatoms. The van der Waals surface area contributed by atoms with Crippen LogP contribution in [0.3, 0.4) is 0 Å². The van der Waals surface area contributed by atoms with Gasteiger partial charge in [-0.05, 0) is 139 Å². The van der Waals surface area contributed by atoms with E-state index in [0.717, 1.165) is 22.7 Å². The molecule has 0 radical (unpaired) electrons. The molecule has 10 aromatic carbocycles. The van der Waals surface area contributed by atoms with Gasteiger partial charge in [-0.2, -0.15) is 0 Å². The third kappa shape index (κ3) is 6.19. The fourth-order valence-electron chi connectivity index (χ4n) is 10.4. The molecule has 12 rings (SSSR count). The molecule has 10 aromatic rings. The van der Waals surface area contributed by atoms with Gasteiger partial charge < -0.3 is 19.6 Å². The summed E-state index contributed by atoms with van der Waals surface area (Å²) in [5.74, 6) is 0.704. The van der Waals surface area contributed by atoms with Gasteiger partial charge in [0.1, 0.15) is 0 Å². The Bertz CT molecular complexity index is 3190. The highest BCUT2D eigenvalue weighted by atomic mass is 15.5. The molecule has 2 unspecified atom stereocenters. The molecule has 2 atom stereocenters. The molecular weight excluding hydrogens is 777 g/mol. The minimum absolute atomic E-state index is 0.271. The zero-order valence-corrected chi connectivity index (χ0v) is 36.7. The Morgan fingerprint density at radius 3 is 0.812 bits per heavy atom. The van der Waals surface area contributed by atoms with Gasteiger partial charge >= 0.3 is 0 Å². The van der Waals surface area contributed by atoms with Crippen molar-refractivity contribution in [2.45, 2.75) is 51.9 Å². The van der Waals surface area contributed by atoms with Crippen LogP contribution in [-0.2, 0) is 0 Å².